The molecule has 0 aliphatic heterocycles. The smallest absolute Gasteiger partial charge is 0.234 e. The summed E-state index contributed by atoms with van der Waals surface area (Å²) in [5.41, 5.74) is 3.79. The number of aryl methyl sites for hydroxylation is 2. The van der Waals surface area contributed by atoms with Crippen molar-refractivity contribution in [2.24, 2.45) is 0 Å². The number of hydrogen-bond acceptors (Lipinski definition) is 5. The molecule has 0 unspecified atom stereocenters. The van der Waals surface area contributed by atoms with Crippen LogP contribution in [0.4, 0.5) is 5.69 Å². The van der Waals surface area contributed by atoms with Crippen LogP contribution in [0.3, 0.4) is 0 Å². The number of rotatable bonds is 7. The van der Waals surface area contributed by atoms with Crippen molar-refractivity contribution in [2.45, 2.75) is 25.4 Å². The van der Waals surface area contributed by atoms with E-state index in [1.165, 1.54) is 17.3 Å². The molecule has 2 aromatic heterocycles. The third kappa shape index (κ3) is 4.31. The van der Waals surface area contributed by atoms with Crippen LogP contribution in [0.1, 0.15) is 18.2 Å². The Balaban J connectivity index is 1.56. The normalized spacial score (nSPS) is 10.9. The highest BCUT2D eigenvalue weighted by Crippen LogP contribution is 2.30. The van der Waals surface area contributed by atoms with Gasteiger partial charge in [0.1, 0.15) is 5.76 Å². The molecular formula is C23H22N4O2S. The van der Waals surface area contributed by atoms with Gasteiger partial charge in [-0.05, 0) is 49.2 Å². The zero-order valence-electron chi connectivity index (χ0n) is 16.8. The monoisotopic (exact) mass is 418 g/mol. The standard InChI is InChI=1S/C23H22N4O2S/c1-3-17-8-7-9-18(14-17)24-21(28)15-30-23-26-25-22(20-12-13-29-16(20)2)27(23)19-10-5-4-6-11-19/h4-14H,3,15H2,1-2H3,(H,24,28). The van der Waals surface area contributed by atoms with Gasteiger partial charge in [-0.15, -0.1) is 10.2 Å². The van der Waals surface area contributed by atoms with Gasteiger partial charge < -0.3 is 9.73 Å². The molecule has 2 aromatic carbocycles. The number of benzene rings is 2. The number of carbonyl (C=O) groups excluding carboxylic acids is 1. The number of nitrogens with zero attached hydrogens (tertiary/aromatic N) is 3. The Labute approximate surface area is 179 Å². The molecule has 0 aliphatic carbocycles. The Morgan fingerprint density at radius 3 is 2.67 bits per heavy atom. The number of para-hydroxylation sites is 1. The van der Waals surface area contributed by atoms with Crippen LogP contribution in [0, 0.1) is 6.92 Å². The van der Waals surface area contributed by atoms with E-state index in [-0.39, 0.29) is 11.7 Å². The second-order valence-electron chi connectivity index (χ2n) is 6.76. The Bertz CT molecular complexity index is 1150. The van der Waals surface area contributed by atoms with E-state index >= 15 is 0 Å². The summed E-state index contributed by atoms with van der Waals surface area (Å²) in [5, 5.41) is 12.3. The van der Waals surface area contributed by atoms with E-state index in [4.69, 9.17) is 4.42 Å². The molecule has 4 rings (SSSR count). The number of carbonyl (C=O) groups is 1. The van der Waals surface area contributed by atoms with Gasteiger partial charge in [-0.3, -0.25) is 9.36 Å². The minimum Gasteiger partial charge on any atom is -0.469 e. The highest BCUT2D eigenvalue weighted by molar-refractivity contribution is 7.99. The fourth-order valence-corrected chi connectivity index (χ4v) is 3.91. The topological polar surface area (TPSA) is 73.0 Å². The maximum absolute atomic E-state index is 12.5. The lowest BCUT2D eigenvalue weighted by Gasteiger charge is -2.10. The van der Waals surface area contributed by atoms with Crippen LogP contribution < -0.4 is 5.32 Å². The number of thioether (sulfide) groups is 1. The zero-order valence-corrected chi connectivity index (χ0v) is 17.6. The highest BCUT2D eigenvalue weighted by atomic mass is 32.2. The van der Waals surface area contributed by atoms with E-state index in [0.29, 0.717) is 11.0 Å². The van der Waals surface area contributed by atoms with E-state index in [2.05, 4.69) is 22.4 Å². The Hall–Kier alpha value is -3.32. The summed E-state index contributed by atoms with van der Waals surface area (Å²) in [6.07, 6.45) is 2.56. The van der Waals surface area contributed by atoms with Crippen LogP contribution in [0.2, 0.25) is 0 Å². The molecule has 1 N–H and O–H groups in total. The summed E-state index contributed by atoms with van der Waals surface area (Å²) in [4.78, 5) is 12.5. The van der Waals surface area contributed by atoms with E-state index in [1.807, 2.05) is 72.2 Å². The molecule has 0 atom stereocenters. The molecule has 0 aliphatic rings. The summed E-state index contributed by atoms with van der Waals surface area (Å²) in [7, 11) is 0. The van der Waals surface area contributed by atoms with Crippen molar-refractivity contribution >= 4 is 23.4 Å². The van der Waals surface area contributed by atoms with Gasteiger partial charge in [0.15, 0.2) is 11.0 Å². The summed E-state index contributed by atoms with van der Waals surface area (Å²) in [5.74, 6) is 1.60. The van der Waals surface area contributed by atoms with Crippen molar-refractivity contribution in [1.29, 1.82) is 0 Å². The molecule has 30 heavy (non-hydrogen) atoms. The van der Waals surface area contributed by atoms with Gasteiger partial charge in [-0.2, -0.15) is 0 Å². The second kappa shape index (κ2) is 9.00. The molecule has 1 amide bonds. The van der Waals surface area contributed by atoms with E-state index < -0.39 is 0 Å². The van der Waals surface area contributed by atoms with Gasteiger partial charge in [-0.1, -0.05) is 49.0 Å². The summed E-state index contributed by atoms with van der Waals surface area (Å²) in [6.45, 7) is 3.98. The molecule has 2 heterocycles. The molecule has 0 bridgehead atoms. The number of furan rings is 1. The van der Waals surface area contributed by atoms with Crippen LogP contribution in [-0.4, -0.2) is 26.4 Å². The number of anilines is 1. The van der Waals surface area contributed by atoms with Crippen molar-refractivity contribution in [3.05, 3.63) is 78.3 Å². The van der Waals surface area contributed by atoms with Crippen LogP contribution in [0.15, 0.2) is 76.5 Å². The van der Waals surface area contributed by atoms with Gasteiger partial charge in [-0.25, -0.2) is 0 Å². The predicted octanol–water partition coefficient (Wildman–Crippen LogP) is 5.13. The molecule has 0 spiro atoms. The minimum absolute atomic E-state index is 0.0862. The maximum Gasteiger partial charge on any atom is 0.234 e. The van der Waals surface area contributed by atoms with E-state index in [1.54, 1.807) is 6.26 Å². The van der Waals surface area contributed by atoms with Crippen molar-refractivity contribution in [2.75, 3.05) is 11.1 Å². The van der Waals surface area contributed by atoms with Gasteiger partial charge in [0.25, 0.3) is 0 Å². The lowest BCUT2D eigenvalue weighted by atomic mass is 10.1. The summed E-state index contributed by atoms with van der Waals surface area (Å²) < 4.78 is 7.40. The van der Waals surface area contributed by atoms with Crippen LogP contribution >= 0.6 is 11.8 Å². The summed E-state index contributed by atoms with van der Waals surface area (Å²) >= 11 is 1.35. The SMILES string of the molecule is CCc1cccc(NC(=O)CSc2nnc(-c3ccoc3C)n2-c2ccccc2)c1. The summed E-state index contributed by atoms with van der Waals surface area (Å²) in [6, 6.07) is 19.6. The highest BCUT2D eigenvalue weighted by Gasteiger charge is 2.19. The largest absolute Gasteiger partial charge is 0.469 e. The average Bonchev–Trinajstić information content (AvgIpc) is 3.38. The van der Waals surface area contributed by atoms with E-state index in [0.717, 1.165) is 29.1 Å². The molecule has 0 fully saturated rings. The molecule has 6 nitrogen and oxygen atoms in total. The first kappa shape index (κ1) is 20.0. The van der Waals surface area contributed by atoms with Crippen molar-refractivity contribution < 1.29 is 9.21 Å². The number of aromatic nitrogens is 3. The third-order valence-corrected chi connectivity index (χ3v) is 5.63. The number of amides is 1. The predicted molar refractivity (Wildman–Crippen MR) is 119 cm³/mol. The average molecular weight is 419 g/mol. The van der Waals surface area contributed by atoms with Gasteiger partial charge in [0.05, 0.1) is 17.6 Å². The lowest BCUT2D eigenvalue weighted by Crippen LogP contribution is -2.14. The molecular weight excluding hydrogens is 396 g/mol. The fourth-order valence-electron chi connectivity index (χ4n) is 3.16. The molecule has 7 heteroatoms. The van der Waals surface area contributed by atoms with Gasteiger partial charge in [0.2, 0.25) is 5.91 Å². The Kier molecular flexibility index (Phi) is 5.99. The quantitative estimate of drug-likeness (QED) is 0.421. The van der Waals surface area contributed by atoms with Crippen molar-refractivity contribution in [3.8, 4) is 17.1 Å². The molecule has 4 aromatic rings. The van der Waals surface area contributed by atoms with E-state index in [9.17, 15) is 4.79 Å². The molecule has 0 saturated heterocycles. The van der Waals surface area contributed by atoms with Crippen LogP contribution in [0.5, 0.6) is 0 Å². The minimum atomic E-state index is -0.0862. The Morgan fingerprint density at radius 2 is 1.93 bits per heavy atom. The second-order valence-corrected chi connectivity index (χ2v) is 7.70. The third-order valence-electron chi connectivity index (χ3n) is 4.70. The van der Waals surface area contributed by atoms with Gasteiger partial charge >= 0.3 is 0 Å². The van der Waals surface area contributed by atoms with Crippen molar-refractivity contribution in [1.82, 2.24) is 14.8 Å². The molecule has 0 saturated carbocycles. The first-order valence-corrected chi connectivity index (χ1v) is 10.7. The molecule has 0 radical (unpaired) electrons. The zero-order chi connectivity index (χ0) is 20.9. The van der Waals surface area contributed by atoms with Crippen molar-refractivity contribution in [3.63, 3.8) is 0 Å². The van der Waals surface area contributed by atoms with Gasteiger partial charge in [0, 0.05) is 11.4 Å². The first-order valence-electron chi connectivity index (χ1n) is 9.72. The number of hydrogen-bond donors (Lipinski definition) is 1. The van der Waals surface area contributed by atoms with Crippen LogP contribution in [-0.2, 0) is 11.2 Å². The lowest BCUT2D eigenvalue weighted by molar-refractivity contribution is -0.113. The fraction of sp³-hybridized carbons (Fsp3) is 0.174. The molecule has 152 valence electrons. The Morgan fingerprint density at radius 1 is 1.10 bits per heavy atom. The number of nitrogens with one attached hydrogen (secondary N) is 1. The van der Waals surface area contributed by atoms with Crippen LogP contribution in [0.25, 0.3) is 17.1 Å². The maximum atomic E-state index is 12.5. The first-order chi connectivity index (χ1) is 14.7.